The number of halogens is 6. The summed E-state index contributed by atoms with van der Waals surface area (Å²) in [6.07, 6.45) is -9.50. The monoisotopic (exact) mass is 298 g/mol. The second-order valence-corrected chi connectivity index (χ2v) is 3.68. The summed E-state index contributed by atoms with van der Waals surface area (Å²) in [5.74, 6) is -2.69. The Bertz CT molecular complexity index is 474. The average molecular weight is 298 g/mol. The van der Waals surface area contributed by atoms with Gasteiger partial charge in [0, 0.05) is 12.2 Å². The largest absolute Gasteiger partial charge is 0.573 e. The van der Waals surface area contributed by atoms with Crippen molar-refractivity contribution in [3.05, 3.63) is 24.3 Å². The summed E-state index contributed by atoms with van der Waals surface area (Å²) < 4.78 is 76.0. The van der Waals surface area contributed by atoms with Gasteiger partial charge in [-0.15, -0.1) is 13.2 Å². The van der Waals surface area contributed by atoms with Gasteiger partial charge < -0.3 is 10.1 Å². The third-order valence-electron chi connectivity index (χ3n) is 2.15. The van der Waals surface area contributed by atoms with E-state index in [1.165, 1.54) is 0 Å². The Labute approximate surface area is 109 Å². The Morgan fingerprint density at radius 3 is 2.05 bits per heavy atom. The first-order chi connectivity index (χ1) is 9.12. The molecular weight excluding hydrogens is 290 g/mol. The van der Waals surface area contributed by atoms with Crippen LogP contribution in [0.15, 0.2) is 24.3 Å². The van der Waals surface area contributed by atoms with Gasteiger partial charge in [0.25, 0.3) is 0 Å². The Morgan fingerprint density at radius 1 is 1.10 bits per heavy atom. The molecule has 0 bridgehead atoms. The number of rotatable bonds is 4. The molecule has 0 aliphatic rings. The van der Waals surface area contributed by atoms with Crippen LogP contribution >= 0.6 is 0 Å². The van der Waals surface area contributed by atoms with E-state index in [1.54, 1.807) is 0 Å². The molecule has 0 fully saturated rings. The second kappa shape index (κ2) is 5.90. The molecule has 0 radical (unpaired) electrons. The maximum atomic E-state index is 12.3. The van der Waals surface area contributed by atoms with Gasteiger partial charge in [-0.1, -0.05) is 0 Å². The van der Waals surface area contributed by atoms with Gasteiger partial charge in [-0.3, -0.25) is 0 Å². The molecule has 9 heteroatoms. The van der Waals surface area contributed by atoms with E-state index in [1.807, 2.05) is 0 Å². The lowest BCUT2D eigenvalue weighted by Gasteiger charge is -2.15. The number of hydrogen-bond donors (Lipinski definition) is 1. The van der Waals surface area contributed by atoms with Gasteiger partial charge in [-0.05, 0) is 24.3 Å². The highest BCUT2D eigenvalue weighted by Crippen LogP contribution is 2.27. The van der Waals surface area contributed by atoms with Crippen molar-refractivity contribution in [2.24, 2.45) is 5.92 Å². The van der Waals surface area contributed by atoms with Crippen LogP contribution in [-0.4, -0.2) is 19.1 Å². The quantitative estimate of drug-likeness (QED) is 0.862. The van der Waals surface area contributed by atoms with Gasteiger partial charge in [0.1, 0.15) is 5.75 Å². The number of anilines is 1. The van der Waals surface area contributed by atoms with Crippen molar-refractivity contribution >= 4 is 5.69 Å². The first kappa shape index (κ1) is 15.9. The number of nitrogens with zero attached hydrogens (tertiary/aromatic N) is 1. The van der Waals surface area contributed by atoms with E-state index in [0.717, 1.165) is 30.3 Å². The van der Waals surface area contributed by atoms with E-state index in [9.17, 15) is 26.3 Å². The fraction of sp³-hybridized carbons (Fsp3) is 0.364. The molecule has 0 heterocycles. The zero-order valence-corrected chi connectivity index (χ0v) is 9.72. The van der Waals surface area contributed by atoms with Crippen LogP contribution in [0.5, 0.6) is 5.75 Å². The van der Waals surface area contributed by atoms with Crippen molar-refractivity contribution < 1.29 is 31.1 Å². The lowest BCUT2D eigenvalue weighted by atomic mass is 10.1. The Morgan fingerprint density at radius 2 is 1.65 bits per heavy atom. The number of ether oxygens (including phenoxy) is 1. The summed E-state index contributed by atoms with van der Waals surface area (Å²) in [5, 5.41) is 10.7. The van der Waals surface area contributed by atoms with Gasteiger partial charge in [0.2, 0.25) is 0 Å². The highest BCUT2D eigenvalue weighted by molar-refractivity contribution is 5.46. The molecule has 20 heavy (non-hydrogen) atoms. The van der Waals surface area contributed by atoms with Crippen molar-refractivity contribution in [3.63, 3.8) is 0 Å². The summed E-state index contributed by atoms with van der Waals surface area (Å²) in [7, 11) is 0. The Kier molecular flexibility index (Phi) is 4.70. The second-order valence-electron chi connectivity index (χ2n) is 3.68. The molecule has 1 N–H and O–H groups in total. The number of nitrogens with one attached hydrogen (secondary N) is 1. The molecule has 0 aliphatic heterocycles. The van der Waals surface area contributed by atoms with E-state index in [-0.39, 0.29) is 5.69 Å². The molecule has 1 rings (SSSR count). The maximum Gasteiger partial charge on any atom is 0.573 e. The molecule has 0 amide bonds. The zero-order valence-electron chi connectivity index (χ0n) is 9.72. The molecule has 1 aromatic carbocycles. The van der Waals surface area contributed by atoms with Gasteiger partial charge in [-0.25, -0.2) is 0 Å². The van der Waals surface area contributed by atoms with Crippen LogP contribution in [0.1, 0.15) is 0 Å². The van der Waals surface area contributed by atoms with Crippen molar-refractivity contribution in [3.8, 4) is 11.8 Å². The summed E-state index contributed by atoms with van der Waals surface area (Å²) in [6, 6.07) is 5.23. The predicted octanol–water partition coefficient (Wildman–Crippen LogP) is 3.70. The minimum Gasteiger partial charge on any atom is -0.406 e. The van der Waals surface area contributed by atoms with Gasteiger partial charge >= 0.3 is 12.5 Å². The number of nitriles is 1. The molecule has 1 unspecified atom stereocenters. The van der Waals surface area contributed by atoms with Crippen LogP contribution in [0.2, 0.25) is 0 Å². The van der Waals surface area contributed by atoms with Crippen molar-refractivity contribution in [2.75, 3.05) is 11.9 Å². The zero-order chi connectivity index (χ0) is 15.4. The molecule has 0 saturated carbocycles. The maximum absolute atomic E-state index is 12.3. The third kappa shape index (κ3) is 5.26. The number of benzene rings is 1. The average Bonchev–Trinajstić information content (AvgIpc) is 2.28. The van der Waals surface area contributed by atoms with Crippen LogP contribution < -0.4 is 10.1 Å². The van der Waals surface area contributed by atoms with E-state index >= 15 is 0 Å². The Balaban J connectivity index is 2.61. The topological polar surface area (TPSA) is 45.0 Å². The van der Waals surface area contributed by atoms with Crippen molar-refractivity contribution in [1.82, 2.24) is 0 Å². The highest BCUT2D eigenvalue weighted by atomic mass is 19.4. The van der Waals surface area contributed by atoms with E-state index in [4.69, 9.17) is 5.26 Å². The van der Waals surface area contributed by atoms with Gasteiger partial charge in [0.15, 0.2) is 5.92 Å². The summed E-state index contributed by atoms with van der Waals surface area (Å²) in [5.41, 5.74) is 0.143. The molecule has 0 spiro atoms. The molecule has 0 saturated heterocycles. The van der Waals surface area contributed by atoms with Crippen LogP contribution in [0, 0.1) is 17.2 Å². The van der Waals surface area contributed by atoms with Gasteiger partial charge in [-0.2, -0.15) is 18.4 Å². The first-order valence-electron chi connectivity index (χ1n) is 5.18. The normalized spacial score (nSPS) is 13.4. The van der Waals surface area contributed by atoms with Crippen LogP contribution in [0.4, 0.5) is 32.0 Å². The van der Waals surface area contributed by atoms with Crippen LogP contribution in [-0.2, 0) is 0 Å². The first-order valence-corrected chi connectivity index (χ1v) is 5.18. The molecule has 0 aliphatic carbocycles. The molecular formula is C11H8F6N2O. The fourth-order valence-corrected chi connectivity index (χ4v) is 1.23. The lowest BCUT2D eigenvalue weighted by molar-refractivity contribution is -0.274. The molecule has 3 nitrogen and oxygen atoms in total. The number of alkyl halides is 6. The molecule has 110 valence electrons. The fourth-order valence-electron chi connectivity index (χ4n) is 1.23. The summed E-state index contributed by atoms with van der Waals surface area (Å²) in [4.78, 5) is 0. The minimum atomic E-state index is -4.84. The SMILES string of the molecule is N#CC(CNc1ccc(OC(F)(F)F)cc1)C(F)(F)F. The third-order valence-corrected chi connectivity index (χ3v) is 2.15. The highest BCUT2D eigenvalue weighted by Gasteiger charge is 2.39. The molecule has 0 aromatic heterocycles. The van der Waals surface area contributed by atoms with E-state index in [0.29, 0.717) is 0 Å². The van der Waals surface area contributed by atoms with E-state index < -0.39 is 30.8 Å². The molecule has 1 aromatic rings. The number of hydrogen-bond acceptors (Lipinski definition) is 3. The standard InChI is InChI=1S/C11H8F6N2O/c12-10(13,14)7(5-18)6-19-8-1-3-9(4-2-8)20-11(15,16)17/h1-4,7,19H,6H2. The van der Waals surface area contributed by atoms with Crippen molar-refractivity contribution in [2.45, 2.75) is 12.5 Å². The van der Waals surface area contributed by atoms with Gasteiger partial charge in [0.05, 0.1) is 6.07 Å². The molecule has 1 atom stereocenters. The summed E-state index contributed by atoms with van der Waals surface area (Å²) >= 11 is 0. The summed E-state index contributed by atoms with van der Waals surface area (Å²) in [6.45, 7) is -0.695. The van der Waals surface area contributed by atoms with Crippen LogP contribution in [0.3, 0.4) is 0 Å². The van der Waals surface area contributed by atoms with Crippen LogP contribution in [0.25, 0.3) is 0 Å². The Hall–Kier alpha value is -2.11. The van der Waals surface area contributed by atoms with E-state index in [2.05, 4.69) is 10.1 Å². The smallest absolute Gasteiger partial charge is 0.406 e. The predicted molar refractivity (Wildman–Crippen MR) is 56.8 cm³/mol. The lowest BCUT2D eigenvalue weighted by Crippen LogP contribution is -2.28. The minimum absolute atomic E-state index is 0.143. The van der Waals surface area contributed by atoms with Crippen molar-refractivity contribution in [1.29, 1.82) is 5.26 Å².